The minimum Gasteiger partial charge on any atom is -0.495 e. The molecule has 0 aliphatic carbocycles. The van der Waals surface area contributed by atoms with Crippen molar-refractivity contribution in [2.45, 2.75) is 19.4 Å². The molecule has 0 saturated carbocycles. The highest BCUT2D eigenvalue weighted by Crippen LogP contribution is 2.37. The lowest BCUT2D eigenvalue weighted by molar-refractivity contribution is 0.413. The van der Waals surface area contributed by atoms with Crippen LogP contribution in [0, 0.1) is 17.2 Å². The second kappa shape index (κ2) is 4.85. The number of halogens is 1. The second-order valence-electron chi connectivity index (χ2n) is 4.27. The Bertz CT molecular complexity index is 455. The highest BCUT2D eigenvalue weighted by atomic mass is 35.5. The molecule has 0 bridgehead atoms. The molecule has 1 aliphatic rings. The van der Waals surface area contributed by atoms with Gasteiger partial charge in [-0.15, -0.1) is 0 Å². The molecule has 3 nitrogen and oxygen atoms in total. The Morgan fingerprint density at radius 1 is 1.53 bits per heavy atom. The summed E-state index contributed by atoms with van der Waals surface area (Å²) in [5.41, 5.74) is 0.977. The summed E-state index contributed by atoms with van der Waals surface area (Å²) in [6, 6.07) is 8.13. The van der Waals surface area contributed by atoms with Crippen LogP contribution in [0.1, 0.15) is 13.3 Å². The van der Waals surface area contributed by atoms with Crippen LogP contribution in [0.3, 0.4) is 0 Å². The van der Waals surface area contributed by atoms with Crippen LogP contribution in [-0.4, -0.2) is 19.7 Å². The van der Waals surface area contributed by atoms with Gasteiger partial charge < -0.3 is 9.64 Å². The first-order valence-electron chi connectivity index (χ1n) is 5.67. The van der Waals surface area contributed by atoms with E-state index < -0.39 is 0 Å². The Hall–Kier alpha value is -1.40. The maximum atomic E-state index is 9.05. The van der Waals surface area contributed by atoms with Crippen LogP contribution in [0.25, 0.3) is 0 Å². The molecule has 90 valence electrons. The van der Waals surface area contributed by atoms with Crippen molar-refractivity contribution in [2.75, 3.05) is 18.6 Å². The van der Waals surface area contributed by atoms with Crippen molar-refractivity contribution >= 4 is 17.3 Å². The summed E-state index contributed by atoms with van der Waals surface area (Å²) in [5.74, 6) is 0.888. The van der Waals surface area contributed by atoms with E-state index in [4.69, 9.17) is 21.6 Å². The zero-order valence-electron chi connectivity index (χ0n) is 9.98. The predicted molar refractivity (Wildman–Crippen MR) is 68.5 cm³/mol. The fourth-order valence-electron chi connectivity index (χ4n) is 2.34. The van der Waals surface area contributed by atoms with E-state index in [9.17, 15) is 0 Å². The minimum atomic E-state index is 0.0821. The van der Waals surface area contributed by atoms with E-state index in [1.807, 2.05) is 18.2 Å². The summed E-state index contributed by atoms with van der Waals surface area (Å²) >= 11 is 6.02. The van der Waals surface area contributed by atoms with Crippen molar-refractivity contribution in [3.05, 3.63) is 23.2 Å². The summed E-state index contributed by atoms with van der Waals surface area (Å²) in [6.45, 7) is 2.94. The highest BCUT2D eigenvalue weighted by Gasteiger charge is 2.32. The maximum absolute atomic E-state index is 9.05. The molecule has 1 heterocycles. The van der Waals surface area contributed by atoms with Crippen LogP contribution in [0.5, 0.6) is 5.75 Å². The van der Waals surface area contributed by atoms with E-state index in [0.29, 0.717) is 5.02 Å². The average Bonchev–Trinajstić information content (AvgIpc) is 2.70. The first-order valence-corrected chi connectivity index (χ1v) is 6.05. The molecule has 1 fully saturated rings. The molecule has 0 aromatic heterocycles. The normalized spacial score (nSPS) is 23.5. The molecular formula is C13H15ClN2O. The molecule has 2 rings (SSSR count). The van der Waals surface area contributed by atoms with Crippen molar-refractivity contribution in [1.82, 2.24) is 0 Å². The topological polar surface area (TPSA) is 36.3 Å². The summed E-state index contributed by atoms with van der Waals surface area (Å²) in [7, 11) is 1.65. The molecular weight excluding hydrogens is 236 g/mol. The second-order valence-corrected chi connectivity index (χ2v) is 4.71. The summed E-state index contributed by atoms with van der Waals surface area (Å²) in [6.07, 6.45) is 0.896. The van der Waals surface area contributed by atoms with Crippen molar-refractivity contribution < 1.29 is 4.74 Å². The molecule has 2 unspecified atom stereocenters. The molecule has 0 amide bonds. The first kappa shape index (κ1) is 12.1. The molecule has 1 aromatic rings. The highest BCUT2D eigenvalue weighted by molar-refractivity contribution is 6.30. The van der Waals surface area contributed by atoms with E-state index in [1.54, 1.807) is 7.11 Å². The van der Waals surface area contributed by atoms with E-state index >= 15 is 0 Å². The molecule has 0 N–H and O–H groups in total. The van der Waals surface area contributed by atoms with Crippen LogP contribution in [-0.2, 0) is 0 Å². The monoisotopic (exact) mass is 250 g/mol. The number of rotatable bonds is 2. The summed E-state index contributed by atoms with van der Waals surface area (Å²) < 4.78 is 5.35. The third kappa shape index (κ3) is 2.18. The molecule has 0 radical (unpaired) electrons. The first-order chi connectivity index (χ1) is 8.17. The number of hydrogen-bond donors (Lipinski definition) is 0. The summed E-state index contributed by atoms with van der Waals surface area (Å²) in [5, 5.41) is 9.74. The van der Waals surface area contributed by atoms with Crippen molar-refractivity contribution in [3.63, 3.8) is 0 Å². The van der Waals surface area contributed by atoms with Crippen LogP contribution >= 0.6 is 11.6 Å². The number of anilines is 1. The molecule has 0 spiro atoms. The van der Waals surface area contributed by atoms with E-state index in [-0.39, 0.29) is 12.0 Å². The SMILES string of the molecule is COc1ccc(Cl)cc1N1CCC(C#N)C1C. The van der Waals surface area contributed by atoms with Gasteiger partial charge in [0.2, 0.25) is 0 Å². The van der Waals surface area contributed by atoms with Gasteiger partial charge in [-0.3, -0.25) is 0 Å². The van der Waals surface area contributed by atoms with Crippen LogP contribution in [0.15, 0.2) is 18.2 Å². The van der Waals surface area contributed by atoms with Crippen LogP contribution in [0.4, 0.5) is 5.69 Å². The lowest BCUT2D eigenvalue weighted by Gasteiger charge is -2.26. The fourth-order valence-corrected chi connectivity index (χ4v) is 2.51. The third-order valence-corrected chi connectivity index (χ3v) is 3.61. The number of nitrogens with zero attached hydrogens (tertiary/aromatic N) is 2. The van der Waals surface area contributed by atoms with E-state index in [2.05, 4.69) is 17.9 Å². The van der Waals surface area contributed by atoms with Gasteiger partial charge in [-0.25, -0.2) is 0 Å². The Morgan fingerprint density at radius 2 is 2.29 bits per heavy atom. The van der Waals surface area contributed by atoms with Crippen molar-refractivity contribution in [3.8, 4) is 11.8 Å². The smallest absolute Gasteiger partial charge is 0.142 e. The van der Waals surface area contributed by atoms with Gasteiger partial charge in [0, 0.05) is 17.6 Å². The minimum absolute atomic E-state index is 0.0821. The number of methoxy groups -OCH3 is 1. The molecule has 1 aromatic carbocycles. The van der Waals surface area contributed by atoms with Crippen molar-refractivity contribution in [2.24, 2.45) is 5.92 Å². The molecule has 1 aliphatic heterocycles. The Kier molecular flexibility index (Phi) is 3.44. The zero-order valence-corrected chi connectivity index (χ0v) is 10.7. The van der Waals surface area contributed by atoms with Gasteiger partial charge in [0.25, 0.3) is 0 Å². The lowest BCUT2D eigenvalue weighted by Crippen LogP contribution is -2.29. The van der Waals surface area contributed by atoms with Gasteiger partial charge in [0.05, 0.1) is 24.8 Å². The molecule has 2 atom stereocenters. The fraction of sp³-hybridized carbons (Fsp3) is 0.462. The number of hydrogen-bond acceptors (Lipinski definition) is 3. The van der Waals surface area contributed by atoms with E-state index in [1.165, 1.54) is 0 Å². The molecule has 4 heteroatoms. The maximum Gasteiger partial charge on any atom is 0.142 e. The van der Waals surface area contributed by atoms with Crippen molar-refractivity contribution in [1.29, 1.82) is 5.26 Å². The number of benzene rings is 1. The van der Waals surface area contributed by atoms with Gasteiger partial charge in [0.1, 0.15) is 5.75 Å². The third-order valence-electron chi connectivity index (χ3n) is 3.37. The van der Waals surface area contributed by atoms with Gasteiger partial charge >= 0.3 is 0 Å². The largest absolute Gasteiger partial charge is 0.495 e. The Morgan fingerprint density at radius 3 is 2.88 bits per heavy atom. The average molecular weight is 251 g/mol. The number of ether oxygens (including phenoxy) is 1. The predicted octanol–water partition coefficient (Wildman–Crippen LogP) is 3.09. The molecule has 1 saturated heterocycles. The zero-order chi connectivity index (χ0) is 12.4. The lowest BCUT2D eigenvalue weighted by atomic mass is 10.0. The summed E-state index contributed by atoms with van der Waals surface area (Å²) in [4.78, 5) is 2.19. The quantitative estimate of drug-likeness (QED) is 0.809. The van der Waals surface area contributed by atoms with Gasteiger partial charge in [-0.2, -0.15) is 5.26 Å². The van der Waals surface area contributed by atoms with Crippen LogP contribution < -0.4 is 9.64 Å². The van der Waals surface area contributed by atoms with Gasteiger partial charge in [-0.1, -0.05) is 11.6 Å². The van der Waals surface area contributed by atoms with Gasteiger partial charge in [-0.05, 0) is 31.5 Å². The molecule has 17 heavy (non-hydrogen) atoms. The Balaban J connectivity index is 2.35. The Labute approximate surface area is 107 Å². The standard InChI is InChI=1S/C13H15ClN2O/c1-9-10(8-15)5-6-16(9)12-7-11(14)3-4-13(12)17-2/h3-4,7,9-10H,5-6H2,1-2H3. The van der Waals surface area contributed by atoms with E-state index in [0.717, 1.165) is 24.4 Å². The number of nitriles is 1. The van der Waals surface area contributed by atoms with Crippen LogP contribution in [0.2, 0.25) is 5.02 Å². The van der Waals surface area contributed by atoms with Gasteiger partial charge in [0.15, 0.2) is 0 Å².